The molecule has 25 heavy (non-hydrogen) atoms. The molecule has 1 aliphatic rings. The first kappa shape index (κ1) is 18.4. The highest BCUT2D eigenvalue weighted by Gasteiger charge is 2.46. The number of rotatable bonds is 5. The lowest BCUT2D eigenvalue weighted by molar-refractivity contribution is -0.384. The van der Waals surface area contributed by atoms with Crippen LogP contribution < -0.4 is 5.32 Å². The number of hydrogen-bond acceptors (Lipinski definition) is 5. The Morgan fingerprint density at radius 2 is 2.08 bits per heavy atom. The summed E-state index contributed by atoms with van der Waals surface area (Å²) in [6.07, 6.45) is 0.916. The zero-order chi connectivity index (χ0) is 18.8. The van der Waals surface area contributed by atoms with Crippen molar-refractivity contribution in [2.45, 2.75) is 38.3 Å². The van der Waals surface area contributed by atoms with Gasteiger partial charge in [-0.2, -0.15) is 0 Å². The Kier molecular flexibility index (Phi) is 5.05. The van der Waals surface area contributed by atoms with Crippen LogP contribution >= 0.6 is 0 Å². The SMILES string of the molecule is CC(NC(=O)c1cccc([N+](=O)[O-])c1)C(=O)N1CCCC1(C)C(=O)O. The number of non-ortho nitro benzene ring substituents is 1. The van der Waals surface area contributed by atoms with Crippen molar-refractivity contribution in [1.82, 2.24) is 10.2 Å². The van der Waals surface area contributed by atoms with Crippen LogP contribution in [0.2, 0.25) is 0 Å². The predicted octanol–water partition coefficient (Wildman–Crippen LogP) is 1.18. The van der Waals surface area contributed by atoms with Crippen LogP contribution in [0.5, 0.6) is 0 Å². The summed E-state index contributed by atoms with van der Waals surface area (Å²) in [7, 11) is 0. The van der Waals surface area contributed by atoms with Crippen LogP contribution in [0.3, 0.4) is 0 Å². The molecule has 2 N–H and O–H groups in total. The summed E-state index contributed by atoms with van der Waals surface area (Å²) in [5.41, 5.74) is -1.47. The highest BCUT2D eigenvalue weighted by molar-refractivity contribution is 5.98. The van der Waals surface area contributed by atoms with Crippen LogP contribution in [-0.4, -0.2) is 50.8 Å². The number of hydrogen-bond donors (Lipinski definition) is 2. The molecule has 2 rings (SSSR count). The highest BCUT2D eigenvalue weighted by Crippen LogP contribution is 2.29. The van der Waals surface area contributed by atoms with Crippen molar-refractivity contribution in [3.63, 3.8) is 0 Å². The lowest BCUT2D eigenvalue weighted by Gasteiger charge is -2.33. The monoisotopic (exact) mass is 349 g/mol. The molecule has 1 aromatic rings. The number of nitrogens with one attached hydrogen (secondary N) is 1. The number of nitrogens with zero attached hydrogens (tertiary/aromatic N) is 2. The lowest BCUT2D eigenvalue weighted by atomic mass is 9.98. The molecule has 1 aromatic carbocycles. The van der Waals surface area contributed by atoms with Gasteiger partial charge in [-0.3, -0.25) is 19.7 Å². The van der Waals surface area contributed by atoms with Crippen molar-refractivity contribution in [1.29, 1.82) is 0 Å². The van der Waals surface area contributed by atoms with E-state index in [-0.39, 0.29) is 11.3 Å². The van der Waals surface area contributed by atoms with Gasteiger partial charge in [0.2, 0.25) is 5.91 Å². The molecule has 0 spiro atoms. The highest BCUT2D eigenvalue weighted by atomic mass is 16.6. The maximum absolute atomic E-state index is 12.5. The van der Waals surface area contributed by atoms with Crippen molar-refractivity contribution in [2.24, 2.45) is 0 Å². The van der Waals surface area contributed by atoms with Gasteiger partial charge in [0.15, 0.2) is 0 Å². The molecule has 0 saturated carbocycles. The summed E-state index contributed by atoms with van der Waals surface area (Å²) in [5, 5.41) is 22.6. The number of nitro groups is 1. The van der Waals surface area contributed by atoms with Crippen molar-refractivity contribution in [2.75, 3.05) is 6.54 Å². The average Bonchev–Trinajstić information content (AvgIpc) is 2.97. The Labute approximate surface area is 143 Å². The fraction of sp³-hybridized carbons (Fsp3) is 0.438. The summed E-state index contributed by atoms with van der Waals surface area (Å²) < 4.78 is 0. The van der Waals surface area contributed by atoms with E-state index in [1.165, 1.54) is 36.9 Å². The van der Waals surface area contributed by atoms with E-state index in [1.807, 2.05) is 0 Å². The van der Waals surface area contributed by atoms with Gasteiger partial charge in [0.1, 0.15) is 11.6 Å². The predicted molar refractivity (Wildman–Crippen MR) is 87.0 cm³/mol. The summed E-state index contributed by atoms with van der Waals surface area (Å²) in [4.78, 5) is 47.6. The van der Waals surface area contributed by atoms with Crippen LogP contribution in [0.15, 0.2) is 24.3 Å². The van der Waals surface area contributed by atoms with Gasteiger partial charge in [-0.05, 0) is 32.8 Å². The zero-order valence-electron chi connectivity index (χ0n) is 13.9. The minimum atomic E-state index is -1.29. The number of likely N-dealkylation sites (tertiary alicyclic amines) is 1. The molecule has 1 aliphatic heterocycles. The summed E-state index contributed by atoms with van der Waals surface area (Å²) >= 11 is 0. The second kappa shape index (κ2) is 6.88. The maximum atomic E-state index is 12.5. The summed E-state index contributed by atoms with van der Waals surface area (Å²) in [6.45, 7) is 3.24. The summed E-state index contributed by atoms with van der Waals surface area (Å²) in [5.74, 6) is -2.22. The first-order valence-corrected chi connectivity index (χ1v) is 7.77. The third-order valence-corrected chi connectivity index (χ3v) is 4.40. The van der Waals surface area contributed by atoms with E-state index < -0.39 is 34.3 Å². The maximum Gasteiger partial charge on any atom is 0.329 e. The molecule has 0 aliphatic carbocycles. The topological polar surface area (TPSA) is 130 Å². The number of nitro benzene ring substituents is 1. The largest absolute Gasteiger partial charge is 0.480 e. The quantitative estimate of drug-likeness (QED) is 0.606. The smallest absolute Gasteiger partial charge is 0.329 e. The van der Waals surface area contributed by atoms with E-state index >= 15 is 0 Å². The lowest BCUT2D eigenvalue weighted by Crippen LogP contribution is -2.56. The van der Waals surface area contributed by atoms with Crippen LogP contribution in [0, 0.1) is 10.1 Å². The van der Waals surface area contributed by atoms with Gasteiger partial charge in [0.05, 0.1) is 4.92 Å². The Bertz CT molecular complexity index is 734. The zero-order valence-corrected chi connectivity index (χ0v) is 13.9. The molecular formula is C16H19N3O6. The molecule has 2 atom stereocenters. The van der Waals surface area contributed by atoms with E-state index in [2.05, 4.69) is 5.32 Å². The molecule has 9 heteroatoms. The van der Waals surface area contributed by atoms with E-state index in [4.69, 9.17) is 0 Å². The number of carbonyl (C=O) groups is 3. The molecule has 1 fully saturated rings. The van der Waals surface area contributed by atoms with Gasteiger partial charge in [-0.15, -0.1) is 0 Å². The number of amides is 2. The van der Waals surface area contributed by atoms with E-state index in [0.717, 1.165) is 6.07 Å². The van der Waals surface area contributed by atoms with Gasteiger partial charge in [-0.25, -0.2) is 4.79 Å². The Morgan fingerprint density at radius 1 is 1.40 bits per heavy atom. The molecule has 2 amide bonds. The number of benzene rings is 1. The molecule has 9 nitrogen and oxygen atoms in total. The third kappa shape index (κ3) is 3.59. The van der Waals surface area contributed by atoms with Crippen LogP contribution in [0.4, 0.5) is 5.69 Å². The fourth-order valence-corrected chi connectivity index (χ4v) is 2.88. The number of aliphatic carboxylic acids is 1. The second-order valence-electron chi connectivity index (χ2n) is 6.18. The number of carboxylic acid groups (broad SMARTS) is 1. The minimum absolute atomic E-state index is 0.0521. The fourth-order valence-electron chi connectivity index (χ4n) is 2.88. The standard InChI is InChI=1S/C16H19N3O6/c1-10(14(21)18-8-4-7-16(18,2)15(22)23)17-13(20)11-5-3-6-12(9-11)19(24)25/h3,5-6,9-10H,4,7-8H2,1-2H3,(H,17,20)(H,22,23). The second-order valence-corrected chi connectivity index (χ2v) is 6.18. The molecule has 0 aromatic heterocycles. The molecule has 2 unspecified atom stereocenters. The normalized spacial score (nSPS) is 20.8. The minimum Gasteiger partial charge on any atom is -0.480 e. The van der Waals surface area contributed by atoms with Gasteiger partial charge >= 0.3 is 5.97 Å². The molecule has 0 bridgehead atoms. The van der Waals surface area contributed by atoms with E-state index in [0.29, 0.717) is 19.4 Å². The number of carbonyl (C=O) groups excluding carboxylic acids is 2. The van der Waals surface area contributed by atoms with Crippen molar-refractivity contribution in [3.05, 3.63) is 39.9 Å². The van der Waals surface area contributed by atoms with Crippen LogP contribution in [-0.2, 0) is 9.59 Å². The van der Waals surface area contributed by atoms with Gasteiger partial charge in [0, 0.05) is 24.2 Å². The summed E-state index contributed by atoms with van der Waals surface area (Å²) in [6, 6.07) is 4.19. The Balaban J connectivity index is 2.11. The Hall–Kier alpha value is -2.97. The average molecular weight is 349 g/mol. The molecular weight excluding hydrogens is 330 g/mol. The van der Waals surface area contributed by atoms with E-state index in [1.54, 1.807) is 0 Å². The third-order valence-electron chi connectivity index (χ3n) is 4.40. The Morgan fingerprint density at radius 3 is 2.68 bits per heavy atom. The molecule has 1 saturated heterocycles. The number of carboxylic acids is 1. The molecule has 1 heterocycles. The van der Waals surface area contributed by atoms with E-state index in [9.17, 15) is 29.6 Å². The van der Waals surface area contributed by atoms with Crippen LogP contribution in [0.25, 0.3) is 0 Å². The van der Waals surface area contributed by atoms with Gasteiger partial charge in [-0.1, -0.05) is 6.07 Å². The van der Waals surface area contributed by atoms with Crippen molar-refractivity contribution in [3.8, 4) is 0 Å². The van der Waals surface area contributed by atoms with Crippen molar-refractivity contribution >= 4 is 23.5 Å². The first-order chi connectivity index (χ1) is 11.7. The molecule has 134 valence electrons. The first-order valence-electron chi connectivity index (χ1n) is 7.77. The molecule has 0 radical (unpaired) electrons. The van der Waals surface area contributed by atoms with Crippen molar-refractivity contribution < 1.29 is 24.4 Å². The van der Waals surface area contributed by atoms with Gasteiger partial charge in [0.25, 0.3) is 11.6 Å². The van der Waals surface area contributed by atoms with Crippen LogP contribution in [0.1, 0.15) is 37.0 Å². The van der Waals surface area contributed by atoms with Gasteiger partial charge < -0.3 is 15.3 Å².